The molecule has 0 unspecified atom stereocenters. The van der Waals surface area contributed by atoms with Crippen LogP contribution in [0.1, 0.15) is 39.5 Å². The molecule has 0 saturated carbocycles. The first-order valence-electron chi connectivity index (χ1n) is 10.1. The maximum Gasteiger partial charge on any atom is 0.306 e. The number of thioether (sulfide) groups is 2. The molecule has 0 radical (unpaired) electrons. The van der Waals surface area contributed by atoms with Crippen LogP contribution in [0.25, 0.3) is 0 Å². The Morgan fingerprint density at radius 2 is 1.93 bits per heavy atom. The minimum Gasteiger partial charge on any atom is -0.492 e. The number of carbonyl (C=O) groups is 1. The Hall–Kier alpha value is -1.79. The number of nitrogens with zero attached hydrogens (tertiary/aromatic N) is 1. The summed E-state index contributed by atoms with van der Waals surface area (Å²) in [7, 11) is 0. The van der Waals surface area contributed by atoms with Gasteiger partial charge in [0.25, 0.3) is 0 Å². The fourth-order valence-electron chi connectivity index (χ4n) is 2.78. The number of carboxylic acid groups (broad SMARTS) is 1. The standard InChI is InChI=1S/C19H21NO3S2.C4H10/c1-24-18-12-15-17(13-16(18)23-10-8-19(21)22)25-11-5-9-20(15)14-6-3-2-4-7-14;1-3-4-2/h2-4,6-7,12-13H,5,8-11H2,1H3,(H,21,22);3-4H2,1-2H3. The Bertz CT molecular complexity index is 766. The first-order valence-corrected chi connectivity index (χ1v) is 12.3. The maximum atomic E-state index is 10.7. The Morgan fingerprint density at radius 1 is 1.21 bits per heavy atom. The molecule has 29 heavy (non-hydrogen) atoms. The molecule has 4 nitrogen and oxygen atoms in total. The molecule has 1 heterocycles. The Kier molecular flexibility index (Phi) is 10.3. The minimum atomic E-state index is -0.843. The summed E-state index contributed by atoms with van der Waals surface area (Å²) >= 11 is 3.46. The number of hydrogen-bond acceptors (Lipinski definition) is 5. The zero-order valence-corrected chi connectivity index (χ0v) is 19.2. The molecule has 1 aliphatic heterocycles. The van der Waals surface area contributed by atoms with Gasteiger partial charge in [0.15, 0.2) is 0 Å². The molecule has 0 fully saturated rings. The number of hydrogen-bond donors (Lipinski definition) is 1. The molecule has 2 aromatic rings. The number of fused-ring (bicyclic) bond motifs is 1. The summed E-state index contributed by atoms with van der Waals surface area (Å²) in [5.74, 6) is 0.990. The third-order valence-electron chi connectivity index (χ3n) is 4.46. The second kappa shape index (κ2) is 12.7. The van der Waals surface area contributed by atoms with Gasteiger partial charge in [-0.05, 0) is 42.7 Å². The SMILES string of the molecule is CCCC.CSc1cc2c(cc1OCCC(=O)O)SCCCN2c1ccccc1. The summed E-state index contributed by atoms with van der Waals surface area (Å²) in [5, 5.41) is 8.81. The summed E-state index contributed by atoms with van der Waals surface area (Å²) in [6, 6.07) is 14.7. The van der Waals surface area contributed by atoms with Crippen molar-refractivity contribution < 1.29 is 14.6 Å². The van der Waals surface area contributed by atoms with Crippen molar-refractivity contribution >= 4 is 40.9 Å². The van der Waals surface area contributed by atoms with Gasteiger partial charge in [-0.1, -0.05) is 44.9 Å². The number of ether oxygens (including phenoxy) is 1. The van der Waals surface area contributed by atoms with Crippen LogP contribution < -0.4 is 9.64 Å². The van der Waals surface area contributed by atoms with Crippen LogP contribution in [0.4, 0.5) is 11.4 Å². The number of anilines is 2. The molecule has 2 aromatic carbocycles. The maximum absolute atomic E-state index is 10.7. The van der Waals surface area contributed by atoms with Gasteiger partial charge in [-0.2, -0.15) is 0 Å². The molecular weight excluding hydrogens is 402 g/mol. The van der Waals surface area contributed by atoms with Crippen LogP contribution in [0.2, 0.25) is 0 Å². The van der Waals surface area contributed by atoms with E-state index in [1.807, 2.05) is 24.1 Å². The van der Waals surface area contributed by atoms with Gasteiger partial charge < -0.3 is 14.7 Å². The van der Waals surface area contributed by atoms with Crippen LogP contribution >= 0.6 is 23.5 Å². The second-order valence-corrected chi connectivity index (χ2v) is 8.64. The second-order valence-electron chi connectivity index (χ2n) is 6.65. The van der Waals surface area contributed by atoms with Gasteiger partial charge in [-0.3, -0.25) is 4.79 Å². The molecule has 0 atom stereocenters. The fraction of sp³-hybridized carbons (Fsp3) is 0.435. The smallest absolute Gasteiger partial charge is 0.306 e. The molecule has 0 bridgehead atoms. The highest BCUT2D eigenvalue weighted by molar-refractivity contribution is 7.99. The monoisotopic (exact) mass is 433 g/mol. The summed E-state index contributed by atoms with van der Waals surface area (Å²) in [6.07, 6.45) is 5.77. The van der Waals surface area contributed by atoms with Crippen molar-refractivity contribution in [1.29, 1.82) is 0 Å². The van der Waals surface area contributed by atoms with E-state index >= 15 is 0 Å². The van der Waals surface area contributed by atoms with E-state index in [-0.39, 0.29) is 13.0 Å². The normalized spacial score (nSPS) is 13.0. The van der Waals surface area contributed by atoms with E-state index < -0.39 is 5.97 Å². The van der Waals surface area contributed by atoms with E-state index in [0.29, 0.717) is 0 Å². The summed E-state index contributed by atoms with van der Waals surface area (Å²) in [6.45, 7) is 5.53. The van der Waals surface area contributed by atoms with Crippen LogP contribution in [0.5, 0.6) is 5.75 Å². The average Bonchev–Trinajstić information content (AvgIpc) is 2.95. The minimum absolute atomic E-state index is 0.00812. The zero-order valence-electron chi connectivity index (χ0n) is 17.5. The molecule has 3 rings (SSSR count). The number of para-hydroxylation sites is 1. The highest BCUT2D eigenvalue weighted by atomic mass is 32.2. The van der Waals surface area contributed by atoms with Gasteiger partial charge in [-0.25, -0.2) is 0 Å². The average molecular weight is 434 g/mol. The largest absolute Gasteiger partial charge is 0.492 e. The van der Waals surface area contributed by atoms with E-state index in [0.717, 1.165) is 29.4 Å². The Morgan fingerprint density at radius 3 is 2.55 bits per heavy atom. The van der Waals surface area contributed by atoms with E-state index in [4.69, 9.17) is 9.84 Å². The molecule has 0 amide bonds. The predicted octanol–water partition coefficient (Wildman–Crippen LogP) is 6.70. The summed E-state index contributed by atoms with van der Waals surface area (Å²) in [4.78, 5) is 15.3. The first-order chi connectivity index (χ1) is 14.1. The fourth-order valence-corrected chi connectivity index (χ4v) is 4.33. The lowest BCUT2D eigenvalue weighted by molar-refractivity contribution is -0.137. The van der Waals surface area contributed by atoms with Crippen molar-refractivity contribution in [3.8, 4) is 5.75 Å². The third kappa shape index (κ3) is 7.19. The van der Waals surface area contributed by atoms with E-state index in [2.05, 4.69) is 55.1 Å². The lowest BCUT2D eigenvalue weighted by atomic mass is 10.2. The zero-order chi connectivity index (χ0) is 21.1. The molecule has 0 saturated heterocycles. The number of aliphatic carboxylic acids is 1. The van der Waals surface area contributed by atoms with Gasteiger partial charge in [0, 0.05) is 17.1 Å². The van der Waals surface area contributed by atoms with E-state index in [1.54, 1.807) is 11.8 Å². The van der Waals surface area contributed by atoms with E-state index in [1.165, 1.54) is 29.1 Å². The summed E-state index contributed by atoms with van der Waals surface area (Å²) in [5.41, 5.74) is 2.39. The Balaban J connectivity index is 0.000000687. The van der Waals surface area contributed by atoms with Crippen molar-refractivity contribution in [2.75, 3.05) is 30.1 Å². The molecule has 0 spiro atoms. The van der Waals surface area contributed by atoms with Crippen LogP contribution in [0.15, 0.2) is 52.3 Å². The van der Waals surface area contributed by atoms with Crippen molar-refractivity contribution in [2.45, 2.75) is 49.3 Å². The molecule has 0 aliphatic carbocycles. The van der Waals surface area contributed by atoms with Crippen molar-refractivity contribution in [3.63, 3.8) is 0 Å². The molecular formula is C23H31NO3S2. The van der Waals surface area contributed by atoms with E-state index in [9.17, 15) is 4.79 Å². The van der Waals surface area contributed by atoms with Crippen LogP contribution in [0.3, 0.4) is 0 Å². The van der Waals surface area contributed by atoms with Crippen molar-refractivity contribution in [2.24, 2.45) is 0 Å². The molecule has 0 aromatic heterocycles. The van der Waals surface area contributed by atoms with Gasteiger partial charge in [0.1, 0.15) is 5.75 Å². The lowest BCUT2D eigenvalue weighted by Gasteiger charge is -2.26. The number of unbranched alkanes of at least 4 members (excludes halogenated alkanes) is 1. The van der Waals surface area contributed by atoms with Crippen LogP contribution in [-0.4, -0.2) is 36.2 Å². The van der Waals surface area contributed by atoms with Crippen molar-refractivity contribution in [1.82, 2.24) is 0 Å². The van der Waals surface area contributed by atoms with Gasteiger partial charge in [0.2, 0.25) is 0 Å². The van der Waals surface area contributed by atoms with Gasteiger partial charge >= 0.3 is 5.97 Å². The first kappa shape index (κ1) is 23.5. The molecule has 1 N–H and O–H groups in total. The van der Waals surface area contributed by atoms with Gasteiger partial charge in [0.05, 0.1) is 23.6 Å². The molecule has 6 heteroatoms. The lowest BCUT2D eigenvalue weighted by Crippen LogP contribution is -2.18. The third-order valence-corrected chi connectivity index (χ3v) is 6.35. The number of benzene rings is 2. The number of carboxylic acids is 1. The topological polar surface area (TPSA) is 49.8 Å². The highest BCUT2D eigenvalue weighted by Gasteiger charge is 2.20. The van der Waals surface area contributed by atoms with Crippen molar-refractivity contribution in [3.05, 3.63) is 42.5 Å². The number of rotatable bonds is 7. The summed E-state index contributed by atoms with van der Waals surface area (Å²) < 4.78 is 5.75. The van der Waals surface area contributed by atoms with Gasteiger partial charge in [-0.15, -0.1) is 23.5 Å². The quantitative estimate of drug-likeness (QED) is 0.490. The molecule has 158 valence electrons. The van der Waals surface area contributed by atoms with Crippen LogP contribution in [-0.2, 0) is 4.79 Å². The van der Waals surface area contributed by atoms with Crippen LogP contribution in [0, 0.1) is 0 Å². The molecule has 1 aliphatic rings. The Labute approximate surface area is 183 Å². The predicted molar refractivity (Wildman–Crippen MR) is 125 cm³/mol. The highest BCUT2D eigenvalue weighted by Crippen LogP contribution is 2.43.